The maximum atomic E-state index is 4.20. The Bertz CT molecular complexity index is 291. The molecule has 1 heterocycles. The minimum Gasteiger partial charge on any atom is -0.311 e. The third-order valence-corrected chi connectivity index (χ3v) is 3.52. The fraction of sp³-hybridized carbons (Fsp3) is 0.692. The normalized spacial score (nSPS) is 25.6. The first-order valence-corrected chi connectivity index (χ1v) is 6.30. The molecule has 0 bridgehead atoms. The monoisotopic (exact) mass is 219 g/mol. The molecule has 0 unspecified atom stereocenters. The second-order valence-electron chi connectivity index (χ2n) is 4.96. The third-order valence-electron chi connectivity index (χ3n) is 3.52. The quantitative estimate of drug-likeness (QED) is 0.845. The van der Waals surface area contributed by atoms with Gasteiger partial charge in [-0.15, -0.1) is 0 Å². The van der Waals surface area contributed by atoms with Crippen LogP contribution in [0.4, 0.5) is 0 Å². The molecule has 0 aliphatic heterocycles. The van der Waals surface area contributed by atoms with Crippen LogP contribution in [-0.2, 0) is 6.54 Å². The fourth-order valence-corrected chi connectivity index (χ4v) is 2.36. The summed E-state index contributed by atoms with van der Waals surface area (Å²) in [6, 6.07) is 1.97. The van der Waals surface area contributed by atoms with E-state index in [-0.39, 0.29) is 0 Å². The van der Waals surface area contributed by atoms with Crippen LogP contribution in [0.15, 0.2) is 18.6 Å². The molecule has 0 saturated heterocycles. The molecule has 1 aliphatic rings. The van der Waals surface area contributed by atoms with E-state index in [2.05, 4.69) is 22.2 Å². The van der Waals surface area contributed by atoms with E-state index in [1.165, 1.54) is 25.7 Å². The summed E-state index contributed by atoms with van der Waals surface area (Å²) in [5.74, 6) is 1.82. The predicted octanol–water partition coefficient (Wildman–Crippen LogP) is 2.39. The molecule has 1 saturated carbocycles. The number of hydrogen-bond donors (Lipinski definition) is 1. The molecule has 1 aromatic heterocycles. The number of nitrogens with zero attached hydrogens (tertiary/aromatic N) is 2. The first-order chi connectivity index (χ1) is 7.84. The maximum absolute atomic E-state index is 4.20. The second kappa shape index (κ2) is 5.94. The maximum Gasteiger partial charge on any atom is 0.115 e. The number of hydrogen-bond acceptors (Lipinski definition) is 3. The largest absolute Gasteiger partial charge is 0.311 e. The molecule has 0 spiro atoms. The molecule has 0 amide bonds. The van der Waals surface area contributed by atoms with Gasteiger partial charge in [0.1, 0.15) is 6.33 Å². The van der Waals surface area contributed by atoms with Crippen molar-refractivity contribution in [2.24, 2.45) is 11.8 Å². The van der Waals surface area contributed by atoms with Crippen molar-refractivity contribution in [1.29, 1.82) is 0 Å². The topological polar surface area (TPSA) is 37.8 Å². The molecule has 0 atom stereocenters. The molecule has 1 aromatic rings. The molecule has 0 aromatic carbocycles. The number of nitrogens with one attached hydrogen (secondary N) is 1. The zero-order valence-corrected chi connectivity index (χ0v) is 10.0. The Morgan fingerprint density at radius 1 is 1.31 bits per heavy atom. The Labute approximate surface area is 97.7 Å². The summed E-state index contributed by atoms with van der Waals surface area (Å²) in [5, 5.41) is 3.50. The molecule has 2 rings (SSSR count). The predicted molar refractivity (Wildman–Crippen MR) is 64.9 cm³/mol. The molecule has 1 N–H and O–H groups in total. The molecule has 1 aliphatic carbocycles. The van der Waals surface area contributed by atoms with Crippen LogP contribution in [0.1, 0.15) is 38.3 Å². The van der Waals surface area contributed by atoms with Gasteiger partial charge in [-0.25, -0.2) is 9.97 Å². The lowest BCUT2D eigenvalue weighted by atomic mass is 9.83. The van der Waals surface area contributed by atoms with Crippen molar-refractivity contribution in [2.45, 2.75) is 39.2 Å². The standard InChI is InChI=1S/C13H21N3/c1-11-2-4-12(5-3-11)8-15-9-13-6-7-14-10-16-13/h6-7,10-12,15H,2-5,8-9H2,1H3. The summed E-state index contributed by atoms with van der Waals surface area (Å²) in [6.07, 6.45) is 8.99. The Morgan fingerprint density at radius 2 is 2.12 bits per heavy atom. The van der Waals surface area contributed by atoms with Crippen molar-refractivity contribution in [3.8, 4) is 0 Å². The van der Waals surface area contributed by atoms with E-state index in [1.807, 2.05) is 6.07 Å². The summed E-state index contributed by atoms with van der Waals surface area (Å²) in [6.45, 7) is 4.37. The summed E-state index contributed by atoms with van der Waals surface area (Å²) in [5.41, 5.74) is 1.08. The van der Waals surface area contributed by atoms with E-state index in [0.717, 1.165) is 30.6 Å². The van der Waals surface area contributed by atoms with Crippen LogP contribution in [0.5, 0.6) is 0 Å². The Hall–Kier alpha value is -0.960. The summed E-state index contributed by atoms with van der Waals surface area (Å²) in [4.78, 5) is 8.11. The van der Waals surface area contributed by atoms with E-state index >= 15 is 0 Å². The summed E-state index contributed by atoms with van der Waals surface area (Å²) in [7, 11) is 0. The van der Waals surface area contributed by atoms with E-state index in [0.29, 0.717) is 0 Å². The van der Waals surface area contributed by atoms with Gasteiger partial charge in [0.05, 0.1) is 5.69 Å². The highest BCUT2D eigenvalue weighted by Gasteiger charge is 2.17. The van der Waals surface area contributed by atoms with E-state index in [1.54, 1.807) is 12.5 Å². The van der Waals surface area contributed by atoms with Gasteiger partial charge >= 0.3 is 0 Å². The first-order valence-electron chi connectivity index (χ1n) is 6.30. The van der Waals surface area contributed by atoms with Gasteiger partial charge in [0.2, 0.25) is 0 Å². The van der Waals surface area contributed by atoms with Crippen LogP contribution < -0.4 is 5.32 Å². The highest BCUT2D eigenvalue weighted by Crippen LogP contribution is 2.27. The lowest BCUT2D eigenvalue weighted by molar-refractivity contribution is 0.281. The number of aromatic nitrogens is 2. The van der Waals surface area contributed by atoms with Crippen LogP contribution in [0.3, 0.4) is 0 Å². The van der Waals surface area contributed by atoms with Crippen LogP contribution in [0, 0.1) is 11.8 Å². The van der Waals surface area contributed by atoms with Crippen molar-refractivity contribution < 1.29 is 0 Å². The van der Waals surface area contributed by atoms with Gasteiger partial charge in [0.15, 0.2) is 0 Å². The van der Waals surface area contributed by atoms with Crippen molar-refractivity contribution in [2.75, 3.05) is 6.54 Å². The first kappa shape index (κ1) is 11.5. The van der Waals surface area contributed by atoms with Crippen molar-refractivity contribution in [3.63, 3.8) is 0 Å². The van der Waals surface area contributed by atoms with E-state index in [4.69, 9.17) is 0 Å². The van der Waals surface area contributed by atoms with Crippen LogP contribution in [0.2, 0.25) is 0 Å². The summed E-state index contributed by atoms with van der Waals surface area (Å²) < 4.78 is 0. The molecule has 3 heteroatoms. The van der Waals surface area contributed by atoms with Crippen LogP contribution >= 0.6 is 0 Å². The SMILES string of the molecule is CC1CCC(CNCc2ccncn2)CC1. The summed E-state index contributed by atoms with van der Waals surface area (Å²) >= 11 is 0. The zero-order valence-electron chi connectivity index (χ0n) is 10.0. The number of rotatable bonds is 4. The van der Waals surface area contributed by atoms with Gasteiger partial charge in [-0.05, 0) is 37.3 Å². The Balaban J connectivity index is 1.65. The third kappa shape index (κ3) is 3.56. The highest BCUT2D eigenvalue weighted by atomic mass is 14.9. The van der Waals surface area contributed by atoms with Gasteiger partial charge in [-0.1, -0.05) is 19.8 Å². The lowest BCUT2D eigenvalue weighted by Gasteiger charge is -2.26. The van der Waals surface area contributed by atoms with Crippen molar-refractivity contribution >= 4 is 0 Å². The Kier molecular flexibility index (Phi) is 4.28. The zero-order chi connectivity index (χ0) is 11.2. The molecule has 3 nitrogen and oxygen atoms in total. The molecular formula is C13H21N3. The minimum absolute atomic E-state index is 0.870. The van der Waals surface area contributed by atoms with Crippen molar-refractivity contribution in [1.82, 2.24) is 15.3 Å². The van der Waals surface area contributed by atoms with E-state index in [9.17, 15) is 0 Å². The molecule has 0 radical (unpaired) electrons. The lowest BCUT2D eigenvalue weighted by Crippen LogP contribution is -2.26. The van der Waals surface area contributed by atoms with Gasteiger partial charge in [-0.3, -0.25) is 0 Å². The molecule has 16 heavy (non-hydrogen) atoms. The second-order valence-corrected chi connectivity index (χ2v) is 4.96. The van der Waals surface area contributed by atoms with Gasteiger partial charge < -0.3 is 5.32 Å². The molecule has 88 valence electrons. The van der Waals surface area contributed by atoms with Crippen LogP contribution in [0.25, 0.3) is 0 Å². The average Bonchev–Trinajstić information content (AvgIpc) is 2.33. The smallest absolute Gasteiger partial charge is 0.115 e. The fourth-order valence-electron chi connectivity index (χ4n) is 2.36. The van der Waals surface area contributed by atoms with Gasteiger partial charge in [-0.2, -0.15) is 0 Å². The van der Waals surface area contributed by atoms with Crippen LogP contribution in [-0.4, -0.2) is 16.5 Å². The molecule has 1 fully saturated rings. The Morgan fingerprint density at radius 3 is 2.81 bits per heavy atom. The van der Waals surface area contributed by atoms with Gasteiger partial charge in [0.25, 0.3) is 0 Å². The minimum atomic E-state index is 0.870. The average molecular weight is 219 g/mol. The molecular weight excluding hydrogens is 198 g/mol. The van der Waals surface area contributed by atoms with E-state index < -0.39 is 0 Å². The van der Waals surface area contributed by atoms with Crippen molar-refractivity contribution in [3.05, 3.63) is 24.3 Å². The van der Waals surface area contributed by atoms with Gasteiger partial charge in [0, 0.05) is 12.7 Å². The highest BCUT2D eigenvalue weighted by molar-refractivity contribution is 4.96.